The van der Waals surface area contributed by atoms with Gasteiger partial charge in [0.25, 0.3) is 0 Å². The van der Waals surface area contributed by atoms with Crippen molar-refractivity contribution in [3.8, 4) is 34.6 Å². The van der Waals surface area contributed by atoms with E-state index in [0.717, 1.165) is 0 Å². The zero-order chi connectivity index (χ0) is 13.4. The third kappa shape index (κ3) is 1.94. The van der Waals surface area contributed by atoms with E-state index in [-0.39, 0.29) is 0 Å². The van der Waals surface area contributed by atoms with E-state index in [2.05, 4.69) is 11.6 Å². The normalized spacial score (nSPS) is 14.0. The molecule has 0 fully saturated rings. The lowest BCUT2D eigenvalue weighted by molar-refractivity contribution is 0.516. The van der Waals surface area contributed by atoms with Gasteiger partial charge in [0.1, 0.15) is 23.0 Å². The van der Waals surface area contributed by atoms with Crippen LogP contribution in [0.1, 0.15) is 0 Å². The fourth-order valence-electron chi connectivity index (χ4n) is 2.05. The molecule has 0 N–H and O–H groups in total. The fourth-order valence-corrected chi connectivity index (χ4v) is 2.05. The highest BCUT2D eigenvalue weighted by atomic mass is 16.6. The maximum atomic E-state index is 5.54. The number of fused-ring (bicyclic) bond motifs is 2. The minimum Gasteiger partial charge on any atom is -0.512 e. The van der Waals surface area contributed by atoms with Crippen molar-refractivity contribution in [1.82, 2.24) is 0 Å². The van der Waals surface area contributed by atoms with Crippen LogP contribution in [0.25, 0.3) is 0 Å². The summed E-state index contributed by atoms with van der Waals surface area (Å²) >= 11 is 0. The van der Waals surface area contributed by atoms with Crippen molar-refractivity contribution in [2.24, 2.45) is 0 Å². The van der Waals surface area contributed by atoms with E-state index in [1.54, 1.807) is 0 Å². The van der Waals surface area contributed by atoms with E-state index in [1.807, 2.05) is 48.5 Å². The van der Waals surface area contributed by atoms with Gasteiger partial charge in [-0.2, -0.15) is 0 Å². The maximum Gasteiger partial charge on any atom is 0.689 e. The zero-order valence-corrected chi connectivity index (χ0v) is 10.4. The standard InChI is InChI=1S/C14H8B2O4/c1-2-6-12-11(5-1)17-15(18-12)9-10-16-19-13-7-3-4-8-14(13)20-16/h1-8H. The monoisotopic (exact) mass is 262 g/mol. The summed E-state index contributed by atoms with van der Waals surface area (Å²) in [6, 6.07) is 14.9. The second-order valence-corrected chi connectivity index (χ2v) is 4.32. The number of hydrogen-bond donors (Lipinski definition) is 0. The minimum absolute atomic E-state index is 0.622. The van der Waals surface area contributed by atoms with Crippen LogP contribution in [-0.4, -0.2) is 14.2 Å². The summed E-state index contributed by atoms with van der Waals surface area (Å²) in [4.78, 5) is 0. The molecule has 0 aliphatic carbocycles. The first-order valence-electron chi connectivity index (χ1n) is 6.24. The van der Waals surface area contributed by atoms with Gasteiger partial charge in [0.2, 0.25) is 0 Å². The molecular weight excluding hydrogens is 254 g/mol. The largest absolute Gasteiger partial charge is 0.689 e. The lowest BCUT2D eigenvalue weighted by atomic mass is 9.84. The molecule has 0 saturated heterocycles. The van der Waals surface area contributed by atoms with Crippen molar-refractivity contribution in [3.63, 3.8) is 0 Å². The van der Waals surface area contributed by atoms with Crippen LogP contribution in [0.15, 0.2) is 48.5 Å². The molecule has 0 bridgehead atoms. The maximum absolute atomic E-state index is 5.54. The average molecular weight is 262 g/mol. The molecule has 0 aromatic heterocycles. The van der Waals surface area contributed by atoms with Gasteiger partial charge in [-0.1, -0.05) is 35.9 Å². The molecule has 0 amide bonds. The first-order valence-corrected chi connectivity index (χ1v) is 6.24. The molecule has 0 radical (unpaired) electrons. The Morgan fingerprint density at radius 1 is 0.550 bits per heavy atom. The second kappa shape index (κ2) is 4.46. The topological polar surface area (TPSA) is 36.9 Å². The summed E-state index contributed by atoms with van der Waals surface area (Å²) in [6.45, 7) is 0. The van der Waals surface area contributed by atoms with Gasteiger partial charge in [-0.15, -0.1) is 0 Å². The Morgan fingerprint density at radius 3 is 1.15 bits per heavy atom. The van der Waals surface area contributed by atoms with Gasteiger partial charge >= 0.3 is 14.2 Å². The van der Waals surface area contributed by atoms with Gasteiger partial charge in [-0.3, -0.25) is 0 Å². The Morgan fingerprint density at radius 2 is 0.850 bits per heavy atom. The Kier molecular flexibility index (Phi) is 2.49. The summed E-state index contributed by atoms with van der Waals surface area (Å²) in [6.07, 6.45) is 0. The quantitative estimate of drug-likeness (QED) is 0.537. The van der Waals surface area contributed by atoms with E-state index < -0.39 is 14.2 Å². The van der Waals surface area contributed by atoms with Crippen molar-refractivity contribution < 1.29 is 18.6 Å². The first kappa shape index (κ1) is 11.2. The van der Waals surface area contributed by atoms with Crippen LogP contribution in [0.4, 0.5) is 0 Å². The molecular formula is C14H8B2O4. The number of para-hydroxylation sites is 4. The predicted octanol–water partition coefficient (Wildman–Crippen LogP) is 1.99. The van der Waals surface area contributed by atoms with Crippen LogP contribution >= 0.6 is 0 Å². The third-order valence-corrected chi connectivity index (χ3v) is 2.95. The van der Waals surface area contributed by atoms with Gasteiger partial charge in [0.05, 0.1) is 0 Å². The third-order valence-electron chi connectivity index (χ3n) is 2.95. The Labute approximate surface area is 116 Å². The van der Waals surface area contributed by atoms with E-state index >= 15 is 0 Å². The molecule has 0 atom stereocenters. The zero-order valence-electron chi connectivity index (χ0n) is 10.4. The summed E-state index contributed by atoms with van der Waals surface area (Å²) in [5.41, 5.74) is 0. The van der Waals surface area contributed by atoms with Crippen molar-refractivity contribution in [2.45, 2.75) is 0 Å². The van der Waals surface area contributed by atoms with Crippen molar-refractivity contribution in [2.75, 3.05) is 0 Å². The highest BCUT2D eigenvalue weighted by molar-refractivity contribution is 6.63. The first-order chi connectivity index (χ1) is 9.88. The number of hydrogen-bond acceptors (Lipinski definition) is 4. The minimum atomic E-state index is -0.622. The molecule has 2 aromatic carbocycles. The predicted molar refractivity (Wildman–Crippen MR) is 74.7 cm³/mol. The van der Waals surface area contributed by atoms with Crippen LogP contribution in [0, 0.1) is 11.6 Å². The lowest BCUT2D eigenvalue weighted by Gasteiger charge is -1.96. The van der Waals surface area contributed by atoms with E-state index in [0.29, 0.717) is 23.0 Å². The molecule has 4 nitrogen and oxygen atoms in total. The Bertz CT molecular complexity index is 613. The molecule has 4 rings (SSSR count). The van der Waals surface area contributed by atoms with Crippen LogP contribution < -0.4 is 18.6 Å². The Hall–Kier alpha value is -2.67. The van der Waals surface area contributed by atoms with Crippen LogP contribution in [0.5, 0.6) is 23.0 Å². The van der Waals surface area contributed by atoms with Gasteiger partial charge < -0.3 is 18.6 Å². The summed E-state index contributed by atoms with van der Waals surface area (Å²) in [5.74, 6) is 8.51. The van der Waals surface area contributed by atoms with Gasteiger partial charge in [-0.25, -0.2) is 0 Å². The summed E-state index contributed by atoms with van der Waals surface area (Å²) < 4.78 is 22.1. The van der Waals surface area contributed by atoms with Gasteiger partial charge in [-0.05, 0) is 24.3 Å². The van der Waals surface area contributed by atoms with Crippen molar-refractivity contribution >= 4 is 14.2 Å². The molecule has 2 aromatic rings. The fraction of sp³-hybridized carbons (Fsp3) is 0. The second-order valence-electron chi connectivity index (χ2n) is 4.32. The number of benzene rings is 2. The summed E-state index contributed by atoms with van der Waals surface area (Å²) in [7, 11) is -1.24. The average Bonchev–Trinajstić information content (AvgIpc) is 3.07. The molecule has 2 aliphatic rings. The highest BCUT2D eigenvalue weighted by Crippen LogP contribution is 2.33. The Balaban J connectivity index is 1.46. The molecule has 0 saturated carbocycles. The molecule has 6 heteroatoms. The van der Waals surface area contributed by atoms with Crippen LogP contribution in [0.2, 0.25) is 0 Å². The van der Waals surface area contributed by atoms with Crippen molar-refractivity contribution in [1.29, 1.82) is 0 Å². The molecule has 0 spiro atoms. The molecule has 2 aliphatic heterocycles. The van der Waals surface area contributed by atoms with E-state index in [4.69, 9.17) is 18.6 Å². The van der Waals surface area contributed by atoms with Gasteiger partial charge in [0, 0.05) is 0 Å². The van der Waals surface area contributed by atoms with Gasteiger partial charge in [0.15, 0.2) is 0 Å². The molecule has 0 unspecified atom stereocenters. The summed E-state index contributed by atoms with van der Waals surface area (Å²) in [5, 5.41) is 0. The smallest absolute Gasteiger partial charge is 0.512 e. The van der Waals surface area contributed by atoms with Crippen LogP contribution in [0.3, 0.4) is 0 Å². The molecule has 20 heavy (non-hydrogen) atoms. The molecule has 94 valence electrons. The lowest BCUT2D eigenvalue weighted by Crippen LogP contribution is -2.27. The molecule has 2 heterocycles. The van der Waals surface area contributed by atoms with E-state index in [9.17, 15) is 0 Å². The SMILES string of the molecule is C(#CB1Oc2ccccc2O1)B1Oc2ccccc2O1. The van der Waals surface area contributed by atoms with Crippen LogP contribution in [-0.2, 0) is 0 Å². The highest BCUT2D eigenvalue weighted by Gasteiger charge is 2.34. The number of rotatable bonds is 0. The van der Waals surface area contributed by atoms with E-state index in [1.165, 1.54) is 0 Å². The van der Waals surface area contributed by atoms with Crippen molar-refractivity contribution in [3.05, 3.63) is 48.5 Å².